The number of likely N-dealkylation sites (tertiary alicyclic amines) is 1. The lowest BCUT2D eigenvalue weighted by Crippen LogP contribution is -2.48. The fraction of sp³-hybridized carbons (Fsp3) is 0.706. The zero-order valence-corrected chi connectivity index (χ0v) is 15.2. The molecule has 0 spiro atoms. The molecule has 0 radical (unpaired) electrons. The Hall–Kier alpha value is -1.89. The zero-order chi connectivity index (χ0) is 18.0. The number of hydrogen-bond donors (Lipinski definition) is 2. The SMILES string of the molecule is CC(C)Cc1cc(C(=O)N2C[C@@H](N)C[C@H]2C(=O)NC(C)C)n(C)n1. The van der Waals surface area contributed by atoms with Gasteiger partial charge in [0.1, 0.15) is 11.7 Å². The van der Waals surface area contributed by atoms with Gasteiger partial charge in [0.2, 0.25) is 5.91 Å². The number of hydrogen-bond acceptors (Lipinski definition) is 4. The number of aromatic nitrogens is 2. The van der Waals surface area contributed by atoms with Gasteiger partial charge in [-0.05, 0) is 38.7 Å². The highest BCUT2D eigenvalue weighted by Gasteiger charge is 2.39. The largest absolute Gasteiger partial charge is 0.352 e. The van der Waals surface area contributed by atoms with E-state index in [1.54, 1.807) is 16.6 Å². The quantitative estimate of drug-likeness (QED) is 0.828. The van der Waals surface area contributed by atoms with E-state index in [0.717, 1.165) is 12.1 Å². The van der Waals surface area contributed by atoms with Gasteiger partial charge in [-0.2, -0.15) is 5.10 Å². The molecule has 0 saturated carbocycles. The third-order valence-corrected chi connectivity index (χ3v) is 4.09. The van der Waals surface area contributed by atoms with Crippen molar-refractivity contribution in [3.63, 3.8) is 0 Å². The second kappa shape index (κ2) is 7.34. The van der Waals surface area contributed by atoms with Crippen LogP contribution in [0.2, 0.25) is 0 Å². The summed E-state index contributed by atoms with van der Waals surface area (Å²) in [6, 6.07) is 1.16. The minimum Gasteiger partial charge on any atom is -0.352 e. The fourth-order valence-corrected chi connectivity index (χ4v) is 3.11. The Kier molecular flexibility index (Phi) is 5.64. The number of aryl methyl sites for hydroxylation is 1. The Morgan fingerprint density at radius 2 is 2.04 bits per heavy atom. The van der Waals surface area contributed by atoms with Crippen molar-refractivity contribution in [2.24, 2.45) is 18.7 Å². The summed E-state index contributed by atoms with van der Waals surface area (Å²) in [6.07, 6.45) is 1.30. The molecule has 1 saturated heterocycles. The first-order valence-electron chi connectivity index (χ1n) is 8.58. The van der Waals surface area contributed by atoms with Crippen LogP contribution in [-0.2, 0) is 18.3 Å². The van der Waals surface area contributed by atoms with Crippen LogP contribution in [0.3, 0.4) is 0 Å². The Labute approximate surface area is 143 Å². The highest BCUT2D eigenvalue weighted by molar-refractivity contribution is 5.97. The minimum atomic E-state index is -0.515. The summed E-state index contributed by atoms with van der Waals surface area (Å²) in [4.78, 5) is 26.9. The maximum absolute atomic E-state index is 12.9. The molecular formula is C17H29N5O2. The summed E-state index contributed by atoms with van der Waals surface area (Å²) in [7, 11) is 1.76. The van der Waals surface area contributed by atoms with Gasteiger partial charge in [0, 0.05) is 25.7 Å². The molecule has 0 aromatic carbocycles. The molecule has 7 nitrogen and oxygen atoms in total. The molecule has 2 atom stereocenters. The molecule has 24 heavy (non-hydrogen) atoms. The molecule has 2 heterocycles. The van der Waals surface area contributed by atoms with Crippen LogP contribution in [0.1, 0.15) is 50.3 Å². The summed E-state index contributed by atoms with van der Waals surface area (Å²) in [5, 5.41) is 7.29. The van der Waals surface area contributed by atoms with Crippen LogP contribution >= 0.6 is 0 Å². The van der Waals surface area contributed by atoms with Crippen LogP contribution in [0.25, 0.3) is 0 Å². The van der Waals surface area contributed by atoms with Crippen LogP contribution in [0.15, 0.2) is 6.07 Å². The van der Waals surface area contributed by atoms with Crippen LogP contribution in [0.5, 0.6) is 0 Å². The molecule has 3 N–H and O–H groups in total. The molecule has 7 heteroatoms. The summed E-state index contributed by atoms with van der Waals surface area (Å²) in [5.74, 6) is 0.139. The molecule has 1 aliphatic heterocycles. The molecule has 2 rings (SSSR count). The van der Waals surface area contributed by atoms with Crippen LogP contribution in [-0.4, -0.2) is 51.2 Å². The lowest BCUT2D eigenvalue weighted by Gasteiger charge is -2.24. The second-order valence-electron chi connectivity index (χ2n) is 7.37. The summed E-state index contributed by atoms with van der Waals surface area (Å²) in [5.41, 5.74) is 7.41. The Balaban J connectivity index is 2.20. The molecule has 1 aliphatic rings. The van der Waals surface area contributed by atoms with E-state index in [-0.39, 0.29) is 23.9 Å². The van der Waals surface area contributed by atoms with Gasteiger partial charge in [0.25, 0.3) is 5.91 Å². The standard InChI is InChI=1S/C17H29N5O2/c1-10(2)6-13-8-15(21(5)20-13)17(24)22-9-12(18)7-14(22)16(23)19-11(3)4/h8,10-12,14H,6-7,9,18H2,1-5H3,(H,19,23)/t12-,14-/m0/s1. The van der Waals surface area contributed by atoms with Gasteiger partial charge >= 0.3 is 0 Å². The zero-order valence-electron chi connectivity index (χ0n) is 15.2. The maximum Gasteiger partial charge on any atom is 0.272 e. The topological polar surface area (TPSA) is 93.2 Å². The third kappa shape index (κ3) is 4.14. The first-order valence-corrected chi connectivity index (χ1v) is 8.58. The minimum absolute atomic E-state index is 0.0284. The van der Waals surface area contributed by atoms with E-state index >= 15 is 0 Å². The van der Waals surface area contributed by atoms with E-state index in [0.29, 0.717) is 24.6 Å². The average molecular weight is 335 g/mol. The molecule has 134 valence electrons. The Morgan fingerprint density at radius 1 is 1.38 bits per heavy atom. The van der Waals surface area contributed by atoms with Crippen LogP contribution in [0, 0.1) is 5.92 Å². The third-order valence-electron chi connectivity index (χ3n) is 4.09. The van der Waals surface area contributed by atoms with Crippen molar-refractivity contribution >= 4 is 11.8 Å². The van der Waals surface area contributed by atoms with Crippen molar-refractivity contribution in [1.82, 2.24) is 20.0 Å². The number of nitrogens with one attached hydrogen (secondary N) is 1. The Bertz CT molecular complexity index is 608. The highest BCUT2D eigenvalue weighted by atomic mass is 16.2. The first kappa shape index (κ1) is 18.4. The van der Waals surface area contributed by atoms with Gasteiger partial charge in [0.05, 0.1) is 5.69 Å². The molecular weight excluding hydrogens is 306 g/mol. The first-order chi connectivity index (χ1) is 11.2. The number of rotatable bonds is 5. The summed E-state index contributed by atoms with van der Waals surface area (Å²) < 4.78 is 1.60. The number of amides is 2. The van der Waals surface area contributed by atoms with Gasteiger partial charge in [0.15, 0.2) is 0 Å². The van der Waals surface area contributed by atoms with Crippen molar-refractivity contribution in [2.45, 2.75) is 58.7 Å². The predicted molar refractivity (Wildman–Crippen MR) is 92.4 cm³/mol. The second-order valence-corrected chi connectivity index (χ2v) is 7.37. The average Bonchev–Trinajstić information content (AvgIpc) is 3.00. The van der Waals surface area contributed by atoms with Crippen molar-refractivity contribution in [1.29, 1.82) is 0 Å². The van der Waals surface area contributed by atoms with Crippen molar-refractivity contribution in [3.05, 3.63) is 17.5 Å². The normalized spacial score (nSPS) is 20.9. The molecule has 0 bridgehead atoms. The molecule has 2 amide bonds. The van der Waals surface area contributed by atoms with E-state index in [2.05, 4.69) is 24.3 Å². The number of carbonyl (C=O) groups is 2. The van der Waals surface area contributed by atoms with Gasteiger partial charge in [-0.3, -0.25) is 14.3 Å². The van der Waals surface area contributed by atoms with Gasteiger partial charge in [-0.1, -0.05) is 13.8 Å². The maximum atomic E-state index is 12.9. The molecule has 0 aliphatic carbocycles. The van der Waals surface area contributed by atoms with Crippen molar-refractivity contribution in [2.75, 3.05) is 6.54 Å². The van der Waals surface area contributed by atoms with Gasteiger partial charge < -0.3 is 16.0 Å². The summed E-state index contributed by atoms with van der Waals surface area (Å²) >= 11 is 0. The summed E-state index contributed by atoms with van der Waals surface area (Å²) in [6.45, 7) is 8.42. The fourth-order valence-electron chi connectivity index (χ4n) is 3.11. The molecule has 1 aromatic rings. The van der Waals surface area contributed by atoms with E-state index in [4.69, 9.17) is 5.73 Å². The van der Waals surface area contributed by atoms with Gasteiger partial charge in [-0.15, -0.1) is 0 Å². The predicted octanol–water partition coefficient (Wildman–Crippen LogP) is 0.685. The van der Waals surface area contributed by atoms with Crippen LogP contribution < -0.4 is 11.1 Å². The number of nitrogens with two attached hydrogens (primary N) is 1. The monoisotopic (exact) mass is 335 g/mol. The molecule has 0 unspecified atom stereocenters. The smallest absolute Gasteiger partial charge is 0.272 e. The Morgan fingerprint density at radius 3 is 2.62 bits per heavy atom. The number of nitrogens with zero attached hydrogens (tertiary/aromatic N) is 3. The lowest BCUT2D eigenvalue weighted by atomic mass is 10.1. The van der Waals surface area contributed by atoms with E-state index in [1.165, 1.54) is 0 Å². The molecule has 1 fully saturated rings. The van der Waals surface area contributed by atoms with E-state index < -0.39 is 6.04 Å². The van der Waals surface area contributed by atoms with Crippen LogP contribution in [0.4, 0.5) is 0 Å². The van der Waals surface area contributed by atoms with Crippen molar-refractivity contribution < 1.29 is 9.59 Å². The van der Waals surface area contributed by atoms with Gasteiger partial charge in [-0.25, -0.2) is 0 Å². The molecule has 1 aromatic heterocycles. The van der Waals surface area contributed by atoms with E-state index in [9.17, 15) is 9.59 Å². The highest BCUT2D eigenvalue weighted by Crippen LogP contribution is 2.21. The van der Waals surface area contributed by atoms with Crippen molar-refractivity contribution in [3.8, 4) is 0 Å². The van der Waals surface area contributed by atoms with E-state index in [1.807, 2.05) is 19.9 Å². The lowest BCUT2D eigenvalue weighted by molar-refractivity contribution is -0.125. The number of carbonyl (C=O) groups excluding carboxylic acids is 2.